The van der Waals surface area contributed by atoms with Crippen molar-refractivity contribution in [2.24, 2.45) is 5.92 Å². The number of carbonyl (C=O) groups is 2. The molecule has 7 nitrogen and oxygen atoms in total. The van der Waals surface area contributed by atoms with Crippen LogP contribution in [0.1, 0.15) is 38.7 Å². The maximum absolute atomic E-state index is 14.4. The van der Waals surface area contributed by atoms with Gasteiger partial charge in [-0.2, -0.15) is 0 Å². The molecule has 0 unspecified atom stereocenters. The van der Waals surface area contributed by atoms with Crippen molar-refractivity contribution in [2.75, 3.05) is 57.9 Å². The summed E-state index contributed by atoms with van der Waals surface area (Å²) in [5, 5.41) is 0. The Bertz CT molecular complexity index is 1070. The third kappa shape index (κ3) is 9.06. The first-order valence-corrected chi connectivity index (χ1v) is 13.2. The van der Waals surface area contributed by atoms with E-state index in [1.807, 2.05) is 0 Å². The molecule has 0 aromatic heterocycles. The zero-order valence-corrected chi connectivity index (χ0v) is 22.6. The monoisotopic (exact) mass is 531 g/mol. The third-order valence-electron chi connectivity index (χ3n) is 6.38. The van der Waals surface area contributed by atoms with E-state index in [-0.39, 0.29) is 38.0 Å². The largest absolute Gasteiger partial charge is 0.493 e. The Morgan fingerprint density at radius 1 is 0.947 bits per heavy atom. The molecule has 1 aliphatic heterocycles. The molecule has 1 aliphatic rings. The Hall–Kier alpha value is -3.04. The molecule has 0 aliphatic carbocycles. The average Bonchev–Trinajstić information content (AvgIpc) is 2.85. The van der Waals surface area contributed by atoms with Crippen LogP contribution in [0.25, 0.3) is 0 Å². The summed E-state index contributed by atoms with van der Waals surface area (Å²) in [5.74, 6) is -0.367. The van der Waals surface area contributed by atoms with Crippen LogP contribution in [0, 0.1) is 17.6 Å². The summed E-state index contributed by atoms with van der Waals surface area (Å²) in [6.45, 7) is 7.98. The lowest BCUT2D eigenvalue weighted by molar-refractivity contribution is -0.132. The first-order chi connectivity index (χ1) is 18.3. The number of hydrogen-bond acceptors (Lipinski definition) is 5. The highest BCUT2D eigenvalue weighted by atomic mass is 19.1. The van der Waals surface area contributed by atoms with Crippen molar-refractivity contribution in [1.82, 2.24) is 9.80 Å². The molecule has 3 rings (SSSR count). The van der Waals surface area contributed by atoms with Crippen LogP contribution in [0.4, 0.5) is 14.5 Å². The number of anilines is 1. The van der Waals surface area contributed by atoms with E-state index in [4.69, 9.17) is 9.47 Å². The summed E-state index contributed by atoms with van der Waals surface area (Å²) >= 11 is 0. The number of halogens is 2. The van der Waals surface area contributed by atoms with Gasteiger partial charge in [-0.05, 0) is 67.7 Å². The van der Waals surface area contributed by atoms with Crippen LogP contribution in [0.2, 0.25) is 0 Å². The molecule has 1 heterocycles. The fourth-order valence-corrected chi connectivity index (χ4v) is 4.74. The number of benzene rings is 2. The van der Waals surface area contributed by atoms with Crippen LogP contribution < -0.4 is 9.64 Å². The van der Waals surface area contributed by atoms with Crippen LogP contribution in [0.3, 0.4) is 0 Å². The summed E-state index contributed by atoms with van der Waals surface area (Å²) in [4.78, 5) is 32.0. The van der Waals surface area contributed by atoms with Crippen LogP contribution in [0.15, 0.2) is 42.5 Å². The van der Waals surface area contributed by atoms with Gasteiger partial charge in [0.1, 0.15) is 24.0 Å². The van der Waals surface area contributed by atoms with Crippen molar-refractivity contribution >= 4 is 17.5 Å². The van der Waals surface area contributed by atoms with Crippen LogP contribution >= 0.6 is 0 Å². The highest BCUT2D eigenvalue weighted by molar-refractivity contribution is 5.95. The number of methoxy groups -OCH3 is 1. The molecule has 9 heteroatoms. The minimum absolute atomic E-state index is 0.0865. The van der Waals surface area contributed by atoms with Crippen molar-refractivity contribution in [2.45, 2.75) is 39.7 Å². The van der Waals surface area contributed by atoms with Gasteiger partial charge in [-0.3, -0.25) is 9.59 Å². The molecule has 2 aromatic rings. The van der Waals surface area contributed by atoms with E-state index in [1.54, 1.807) is 28.0 Å². The van der Waals surface area contributed by atoms with Gasteiger partial charge in [-0.15, -0.1) is 0 Å². The number of fused-ring (bicyclic) bond motifs is 1. The molecule has 0 N–H and O–H groups in total. The average molecular weight is 532 g/mol. The van der Waals surface area contributed by atoms with Crippen molar-refractivity contribution in [3.8, 4) is 5.75 Å². The fourth-order valence-electron chi connectivity index (χ4n) is 4.74. The lowest BCUT2D eigenvalue weighted by Gasteiger charge is -2.32. The molecule has 208 valence electrons. The molecule has 0 fully saturated rings. The van der Waals surface area contributed by atoms with E-state index in [0.717, 1.165) is 32.5 Å². The van der Waals surface area contributed by atoms with Crippen molar-refractivity contribution in [3.63, 3.8) is 0 Å². The number of hydrogen-bond donors (Lipinski definition) is 0. The molecule has 0 bridgehead atoms. The molecule has 0 saturated heterocycles. The number of ether oxygens (including phenoxy) is 2. The lowest BCUT2D eigenvalue weighted by Crippen LogP contribution is -2.40. The minimum atomic E-state index is -0.431. The zero-order chi connectivity index (χ0) is 27.5. The quantitative estimate of drug-likeness (QED) is 0.502. The Morgan fingerprint density at radius 3 is 2.39 bits per heavy atom. The van der Waals surface area contributed by atoms with Gasteiger partial charge in [-0.1, -0.05) is 19.9 Å². The van der Waals surface area contributed by atoms with Gasteiger partial charge < -0.3 is 24.2 Å². The fraction of sp³-hybridized carbons (Fsp3) is 0.517. The van der Waals surface area contributed by atoms with Gasteiger partial charge in [0.15, 0.2) is 0 Å². The smallest absolute Gasteiger partial charge is 0.252 e. The summed E-state index contributed by atoms with van der Waals surface area (Å²) in [6.07, 6.45) is 1.61. The van der Waals surface area contributed by atoms with Crippen molar-refractivity contribution in [3.05, 3.63) is 59.7 Å². The molecule has 2 amide bonds. The van der Waals surface area contributed by atoms with Crippen LogP contribution in [-0.2, 0) is 20.9 Å². The summed E-state index contributed by atoms with van der Waals surface area (Å²) in [5.41, 5.74) is 1.15. The van der Waals surface area contributed by atoms with Gasteiger partial charge in [-0.25, -0.2) is 8.78 Å². The second kappa shape index (κ2) is 14.8. The van der Waals surface area contributed by atoms with E-state index in [9.17, 15) is 18.4 Å². The molecule has 38 heavy (non-hydrogen) atoms. The predicted molar refractivity (Wildman–Crippen MR) is 143 cm³/mol. The van der Waals surface area contributed by atoms with Crippen molar-refractivity contribution in [1.29, 1.82) is 0 Å². The van der Waals surface area contributed by atoms with Gasteiger partial charge in [0, 0.05) is 45.0 Å². The van der Waals surface area contributed by atoms with Crippen LogP contribution in [-0.4, -0.2) is 74.7 Å². The van der Waals surface area contributed by atoms with E-state index in [2.05, 4.69) is 18.7 Å². The highest BCUT2D eigenvalue weighted by Gasteiger charge is 2.23. The van der Waals surface area contributed by atoms with E-state index in [0.29, 0.717) is 36.0 Å². The molecule has 2 aromatic carbocycles. The first kappa shape index (κ1) is 29.5. The zero-order valence-electron chi connectivity index (χ0n) is 22.6. The van der Waals surface area contributed by atoms with E-state index < -0.39 is 11.6 Å². The minimum Gasteiger partial charge on any atom is -0.493 e. The van der Waals surface area contributed by atoms with Gasteiger partial charge in [0.25, 0.3) is 5.91 Å². The Morgan fingerprint density at radius 2 is 1.68 bits per heavy atom. The Balaban J connectivity index is 1.84. The summed E-state index contributed by atoms with van der Waals surface area (Å²) < 4.78 is 38.5. The standard InChI is InChI=1S/C29H39F2N3O4/c1-22(2)19-32-12-5-14-33(28(35)11-16-38-26-8-4-7-24(30)18-26)20-23-17-25(31)9-10-27(23)34(15-6-13-32)29(36)21-37-3/h4,7-10,17-18,22H,5-6,11-16,19-21H2,1-3H3. The third-order valence-corrected chi connectivity index (χ3v) is 6.38. The van der Waals surface area contributed by atoms with E-state index in [1.165, 1.54) is 31.4 Å². The number of carbonyl (C=O) groups excluding carboxylic acids is 2. The highest BCUT2D eigenvalue weighted by Crippen LogP contribution is 2.25. The number of nitrogens with zero attached hydrogens (tertiary/aromatic N) is 3. The molecule has 0 atom stereocenters. The Labute approximate surface area is 224 Å². The lowest BCUT2D eigenvalue weighted by atomic mass is 10.1. The molecular weight excluding hydrogens is 492 g/mol. The molecule has 0 spiro atoms. The second-order valence-corrected chi connectivity index (χ2v) is 10.0. The topological polar surface area (TPSA) is 62.3 Å². The predicted octanol–water partition coefficient (Wildman–Crippen LogP) is 4.49. The van der Waals surface area contributed by atoms with Crippen LogP contribution in [0.5, 0.6) is 5.75 Å². The Kier molecular flexibility index (Phi) is 11.5. The van der Waals surface area contributed by atoms with Gasteiger partial charge in [0.05, 0.1) is 13.0 Å². The second-order valence-electron chi connectivity index (χ2n) is 10.0. The summed E-state index contributed by atoms with van der Waals surface area (Å²) in [6, 6.07) is 10.1. The first-order valence-electron chi connectivity index (χ1n) is 13.2. The molecular formula is C29H39F2N3O4. The molecule has 0 radical (unpaired) electrons. The van der Waals surface area contributed by atoms with Gasteiger partial charge >= 0.3 is 0 Å². The van der Waals surface area contributed by atoms with Gasteiger partial charge in [0.2, 0.25) is 5.91 Å². The van der Waals surface area contributed by atoms with E-state index >= 15 is 0 Å². The molecule has 0 saturated carbocycles. The number of amides is 2. The maximum atomic E-state index is 14.4. The summed E-state index contributed by atoms with van der Waals surface area (Å²) in [7, 11) is 1.47. The normalized spacial score (nSPS) is 15.5. The SMILES string of the molecule is COCC(=O)N1CCCN(CC(C)C)CCCN(C(=O)CCOc2cccc(F)c2)Cc2cc(F)ccc21. The maximum Gasteiger partial charge on any atom is 0.252 e. The van der Waals surface area contributed by atoms with Crippen molar-refractivity contribution < 1.29 is 27.8 Å². The number of rotatable bonds is 8.